The summed E-state index contributed by atoms with van der Waals surface area (Å²) in [6, 6.07) is 15.2. The maximum absolute atomic E-state index is 12.5. The molecule has 1 aliphatic rings. The van der Waals surface area contributed by atoms with Crippen LogP contribution >= 0.6 is 15.9 Å². The van der Waals surface area contributed by atoms with Crippen molar-refractivity contribution in [3.8, 4) is 0 Å². The summed E-state index contributed by atoms with van der Waals surface area (Å²) in [5.74, 6) is -0.563. The van der Waals surface area contributed by atoms with Gasteiger partial charge in [0.05, 0.1) is 11.8 Å². The van der Waals surface area contributed by atoms with E-state index in [0.29, 0.717) is 6.42 Å². The molecule has 3 rings (SSSR count). The van der Waals surface area contributed by atoms with Crippen LogP contribution in [0.2, 0.25) is 0 Å². The molecule has 0 spiro atoms. The van der Waals surface area contributed by atoms with Crippen LogP contribution in [0.15, 0.2) is 53.0 Å². The van der Waals surface area contributed by atoms with Crippen LogP contribution in [0.25, 0.3) is 0 Å². The summed E-state index contributed by atoms with van der Waals surface area (Å²) < 4.78 is 0.974. The molecule has 0 aromatic heterocycles. The number of halogens is 1. The average Bonchev–Trinajstić information content (AvgIpc) is 3.37. The molecule has 124 valence electrons. The highest BCUT2D eigenvalue weighted by Gasteiger charge is 2.49. The Morgan fingerprint density at radius 2 is 1.83 bits per heavy atom. The zero-order valence-corrected chi connectivity index (χ0v) is 15.2. The normalized spacial score (nSPS) is 18.8. The maximum Gasteiger partial charge on any atom is 0.230 e. The van der Waals surface area contributed by atoms with Gasteiger partial charge in [-0.3, -0.25) is 9.59 Å². The second-order valence-electron chi connectivity index (χ2n) is 6.13. The Morgan fingerprint density at radius 1 is 1.12 bits per heavy atom. The SMILES string of the molecule is Cc1cc(Br)ccc1NC(=O)C1CC1C(=O)N(C)c1ccccc1. The second kappa shape index (κ2) is 6.77. The lowest BCUT2D eigenvalue weighted by Crippen LogP contribution is -2.29. The van der Waals surface area contributed by atoms with Crippen LogP contribution < -0.4 is 10.2 Å². The highest BCUT2D eigenvalue weighted by atomic mass is 79.9. The summed E-state index contributed by atoms with van der Waals surface area (Å²) in [5, 5.41) is 2.93. The van der Waals surface area contributed by atoms with Gasteiger partial charge in [0.2, 0.25) is 11.8 Å². The van der Waals surface area contributed by atoms with Crippen LogP contribution in [-0.2, 0) is 9.59 Å². The van der Waals surface area contributed by atoms with E-state index in [-0.39, 0.29) is 23.7 Å². The first-order chi connectivity index (χ1) is 11.5. The van der Waals surface area contributed by atoms with E-state index < -0.39 is 0 Å². The number of hydrogen-bond donors (Lipinski definition) is 1. The lowest BCUT2D eigenvalue weighted by molar-refractivity contribution is -0.123. The van der Waals surface area contributed by atoms with Crippen molar-refractivity contribution in [2.75, 3.05) is 17.3 Å². The largest absolute Gasteiger partial charge is 0.326 e. The van der Waals surface area contributed by atoms with Crippen molar-refractivity contribution in [3.05, 3.63) is 58.6 Å². The molecule has 2 atom stereocenters. The molecule has 0 heterocycles. The highest BCUT2D eigenvalue weighted by molar-refractivity contribution is 9.10. The van der Waals surface area contributed by atoms with Crippen molar-refractivity contribution in [1.29, 1.82) is 0 Å². The highest BCUT2D eigenvalue weighted by Crippen LogP contribution is 2.41. The van der Waals surface area contributed by atoms with Crippen LogP contribution in [0.5, 0.6) is 0 Å². The summed E-state index contributed by atoms with van der Waals surface area (Å²) >= 11 is 3.41. The molecule has 2 aromatic carbocycles. The van der Waals surface area contributed by atoms with Gasteiger partial charge in [0.25, 0.3) is 0 Å². The van der Waals surface area contributed by atoms with E-state index in [1.54, 1.807) is 11.9 Å². The van der Waals surface area contributed by atoms with Crippen molar-refractivity contribution in [1.82, 2.24) is 0 Å². The predicted octanol–water partition coefficient (Wildman–Crippen LogP) is 4.00. The zero-order valence-electron chi connectivity index (χ0n) is 13.6. The van der Waals surface area contributed by atoms with Gasteiger partial charge in [0, 0.05) is 22.9 Å². The maximum atomic E-state index is 12.5. The minimum absolute atomic E-state index is 0.00567. The smallest absolute Gasteiger partial charge is 0.230 e. The number of anilines is 2. The van der Waals surface area contributed by atoms with Crippen molar-refractivity contribution in [3.63, 3.8) is 0 Å². The summed E-state index contributed by atoms with van der Waals surface area (Å²) in [6.07, 6.45) is 0.609. The van der Waals surface area contributed by atoms with E-state index in [4.69, 9.17) is 0 Å². The third-order valence-corrected chi connectivity index (χ3v) is 4.86. The van der Waals surface area contributed by atoms with Gasteiger partial charge in [-0.2, -0.15) is 0 Å². The van der Waals surface area contributed by atoms with E-state index in [1.165, 1.54) is 0 Å². The first kappa shape index (κ1) is 16.7. The number of para-hydroxylation sites is 1. The quantitative estimate of drug-likeness (QED) is 0.863. The molecule has 1 saturated carbocycles. The van der Waals surface area contributed by atoms with Gasteiger partial charge in [-0.15, -0.1) is 0 Å². The molecule has 1 aliphatic carbocycles. The second-order valence-corrected chi connectivity index (χ2v) is 7.05. The Bertz CT molecular complexity index is 776. The average molecular weight is 387 g/mol. The van der Waals surface area contributed by atoms with E-state index in [0.717, 1.165) is 21.4 Å². The number of nitrogens with one attached hydrogen (secondary N) is 1. The molecule has 0 radical (unpaired) electrons. The molecule has 2 amide bonds. The predicted molar refractivity (Wildman–Crippen MR) is 99.0 cm³/mol. The number of rotatable bonds is 4. The van der Waals surface area contributed by atoms with Crippen LogP contribution in [0.1, 0.15) is 12.0 Å². The summed E-state index contributed by atoms with van der Waals surface area (Å²) in [6.45, 7) is 1.94. The molecule has 0 bridgehead atoms. The van der Waals surface area contributed by atoms with E-state index >= 15 is 0 Å². The zero-order chi connectivity index (χ0) is 17.3. The van der Waals surface area contributed by atoms with Crippen LogP contribution in [0, 0.1) is 18.8 Å². The number of hydrogen-bond acceptors (Lipinski definition) is 2. The number of benzene rings is 2. The van der Waals surface area contributed by atoms with Crippen LogP contribution in [0.3, 0.4) is 0 Å². The monoisotopic (exact) mass is 386 g/mol. The number of nitrogens with zero attached hydrogens (tertiary/aromatic N) is 1. The third-order valence-electron chi connectivity index (χ3n) is 4.36. The molecule has 2 unspecified atom stereocenters. The van der Waals surface area contributed by atoms with Gasteiger partial charge in [0.1, 0.15) is 0 Å². The Labute approximate surface area is 150 Å². The molecular weight excluding hydrogens is 368 g/mol. The molecule has 5 heteroatoms. The van der Waals surface area contributed by atoms with Gasteiger partial charge in [-0.05, 0) is 49.2 Å². The Kier molecular flexibility index (Phi) is 4.71. The molecule has 1 fully saturated rings. The molecular formula is C19H19BrN2O2. The van der Waals surface area contributed by atoms with Gasteiger partial charge < -0.3 is 10.2 Å². The van der Waals surface area contributed by atoms with Crippen LogP contribution in [-0.4, -0.2) is 18.9 Å². The van der Waals surface area contributed by atoms with E-state index in [1.807, 2.05) is 55.5 Å². The first-order valence-corrected chi connectivity index (χ1v) is 8.66. The molecule has 2 aromatic rings. The van der Waals surface area contributed by atoms with Crippen molar-refractivity contribution in [2.45, 2.75) is 13.3 Å². The molecule has 24 heavy (non-hydrogen) atoms. The molecule has 0 saturated heterocycles. The van der Waals surface area contributed by atoms with E-state index in [9.17, 15) is 9.59 Å². The number of aryl methyl sites for hydroxylation is 1. The minimum Gasteiger partial charge on any atom is -0.326 e. The summed E-state index contributed by atoms with van der Waals surface area (Å²) in [5.41, 5.74) is 2.62. The van der Waals surface area contributed by atoms with E-state index in [2.05, 4.69) is 21.2 Å². The fraction of sp³-hybridized carbons (Fsp3) is 0.263. The Hall–Kier alpha value is -2.14. The van der Waals surface area contributed by atoms with Gasteiger partial charge in [-0.25, -0.2) is 0 Å². The fourth-order valence-electron chi connectivity index (χ4n) is 2.78. The topological polar surface area (TPSA) is 49.4 Å². The first-order valence-electron chi connectivity index (χ1n) is 7.87. The standard InChI is InChI=1S/C19H19BrN2O2/c1-12-10-13(20)8-9-17(12)21-18(23)15-11-16(15)19(24)22(2)14-6-4-3-5-7-14/h3-10,15-16H,11H2,1-2H3,(H,21,23). The lowest BCUT2D eigenvalue weighted by Gasteiger charge is -2.17. The third kappa shape index (κ3) is 3.51. The van der Waals surface area contributed by atoms with Crippen LogP contribution in [0.4, 0.5) is 11.4 Å². The minimum atomic E-state index is -0.244. The van der Waals surface area contributed by atoms with Crippen molar-refractivity contribution >= 4 is 39.1 Å². The Balaban J connectivity index is 1.62. The lowest BCUT2D eigenvalue weighted by atomic mass is 10.2. The van der Waals surface area contributed by atoms with Gasteiger partial charge >= 0.3 is 0 Å². The number of amides is 2. The molecule has 4 nitrogen and oxygen atoms in total. The molecule has 1 N–H and O–H groups in total. The number of carbonyl (C=O) groups is 2. The van der Waals surface area contributed by atoms with Gasteiger partial charge in [0.15, 0.2) is 0 Å². The summed E-state index contributed by atoms with van der Waals surface area (Å²) in [4.78, 5) is 26.5. The molecule has 0 aliphatic heterocycles. The van der Waals surface area contributed by atoms with Crippen molar-refractivity contribution < 1.29 is 9.59 Å². The summed E-state index contributed by atoms with van der Waals surface area (Å²) in [7, 11) is 1.75. The fourth-order valence-corrected chi connectivity index (χ4v) is 3.25. The number of carbonyl (C=O) groups excluding carboxylic acids is 2. The van der Waals surface area contributed by atoms with Crippen molar-refractivity contribution in [2.24, 2.45) is 11.8 Å². The van der Waals surface area contributed by atoms with Gasteiger partial charge in [-0.1, -0.05) is 34.1 Å². The Morgan fingerprint density at radius 3 is 2.50 bits per heavy atom.